The summed E-state index contributed by atoms with van der Waals surface area (Å²) in [7, 11) is 1.60. The van der Waals surface area contributed by atoms with Crippen molar-refractivity contribution in [2.45, 2.75) is 13.2 Å². The van der Waals surface area contributed by atoms with Crippen molar-refractivity contribution in [3.05, 3.63) is 88.2 Å². The molecule has 9 nitrogen and oxygen atoms in total. The minimum Gasteiger partial charge on any atom is -0.496 e. The van der Waals surface area contributed by atoms with Crippen molar-refractivity contribution in [1.29, 1.82) is 0 Å². The van der Waals surface area contributed by atoms with Gasteiger partial charge >= 0.3 is 5.69 Å². The van der Waals surface area contributed by atoms with Crippen LogP contribution in [0, 0.1) is 10.1 Å². The number of nitrogens with one attached hydrogen (secondary N) is 1. The zero-order chi connectivity index (χ0) is 22.1. The molecule has 0 saturated heterocycles. The molecule has 2 aromatic carbocycles. The number of rotatable bonds is 10. The zero-order valence-corrected chi connectivity index (χ0v) is 16.9. The third kappa shape index (κ3) is 6.43. The summed E-state index contributed by atoms with van der Waals surface area (Å²) in [6.07, 6.45) is 5.61. The highest BCUT2D eigenvalue weighted by Gasteiger charge is 2.08. The van der Waals surface area contributed by atoms with Gasteiger partial charge in [0.05, 0.1) is 18.6 Å². The maximum Gasteiger partial charge on any atom is 0.306 e. The van der Waals surface area contributed by atoms with Crippen molar-refractivity contribution in [2.24, 2.45) is 0 Å². The van der Waals surface area contributed by atoms with Gasteiger partial charge in [0, 0.05) is 18.2 Å². The van der Waals surface area contributed by atoms with E-state index in [4.69, 9.17) is 9.47 Å². The lowest BCUT2D eigenvalue weighted by molar-refractivity contribution is -0.385. The number of methoxy groups -OCH3 is 1. The summed E-state index contributed by atoms with van der Waals surface area (Å²) in [5, 5.41) is 17.2. The summed E-state index contributed by atoms with van der Waals surface area (Å²) < 4.78 is 12.6. The molecule has 0 fully saturated rings. The van der Waals surface area contributed by atoms with E-state index in [0.717, 1.165) is 16.9 Å². The second-order valence-corrected chi connectivity index (χ2v) is 6.52. The number of aromatic nitrogens is 2. The molecule has 160 valence electrons. The summed E-state index contributed by atoms with van der Waals surface area (Å²) in [5.74, 6) is 1.18. The zero-order valence-electron chi connectivity index (χ0n) is 16.9. The molecule has 1 N–H and O–H groups in total. The van der Waals surface area contributed by atoms with Gasteiger partial charge in [-0.1, -0.05) is 24.3 Å². The van der Waals surface area contributed by atoms with Crippen LogP contribution in [0.25, 0.3) is 6.08 Å². The average molecular weight is 422 g/mol. The number of hydrogen-bond acceptors (Lipinski definition) is 6. The fourth-order valence-electron chi connectivity index (χ4n) is 2.79. The Labute approximate surface area is 179 Å². The quantitative estimate of drug-likeness (QED) is 0.305. The summed E-state index contributed by atoms with van der Waals surface area (Å²) in [4.78, 5) is 22.2. The van der Waals surface area contributed by atoms with Gasteiger partial charge in [0.15, 0.2) is 0 Å². The van der Waals surface area contributed by atoms with E-state index in [1.807, 2.05) is 48.5 Å². The Morgan fingerprint density at radius 1 is 1.26 bits per heavy atom. The number of nitrogens with zero attached hydrogens (tertiary/aromatic N) is 3. The molecule has 0 unspecified atom stereocenters. The van der Waals surface area contributed by atoms with Crippen molar-refractivity contribution in [2.75, 3.05) is 13.7 Å². The van der Waals surface area contributed by atoms with Crippen LogP contribution in [0.15, 0.2) is 67.0 Å². The normalized spacial score (nSPS) is 10.7. The van der Waals surface area contributed by atoms with Gasteiger partial charge in [-0.3, -0.25) is 19.6 Å². The number of ether oxygens (including phenoxy) is 2. The molecule has 1 heterocycles. The fraction of sp³-hybridized carbons (Fsp3) is 0.182. The highest BCUT2D eigenvalue weighted by Crippen LogP contribution is 2.22. The first-order valence-corrected chi connectivity index (χ1v) is 9.52. The minimum absolute atomic E-state index is 0.0854. The number of carbonyl (C=O) groups is 1. The van der Waals surface area contributed by atoms with E-state index in [9.17, 15) is 14.9 Å². The molecule has 0 atom stereocenters. The van der Waals surface area contributed by atoms with Crippen molar-refractivity contribution in [1.82, 2.24) is 15.1 Å². The second-order valence-electron chi connectivity index (χ2n) is 6.52. The number of nitro groups is 1. The Kier molecular flexibility index (Phi) is 7.36. The molecule has 0 bridgehead atoms. The highest BCUT2D eigenvalue weighted by atomic mass is 16.6. The molecule has 0 radical (unpaired) electrons. The number of benzene rings is 2. The second kappa shape index (κ2) is 10.6. The van der Waals surface area contributed by atoms with Gasteiger partial charge in [0.2, 0.25) is 5.91 Å². The Morgan fingerprint density at radius 3 is 2.77 bits per heavy atom. The van der Waals surface area contributed by atoms with E-state index in [-0.39, 0.29) is 11.6 Å². The van der Waals surface area contributed by atoms with Crippen molar-refractivity contribution in [3.63, 3.8) is 0 Å². The summed E-state index contributed by atoms with van der Waals surface area (Å²) in [6, 6.07) is 15.0. The summed E-state index contributed by atoms with van der Waals surface area (Å²) in [5.41, 5.74) is 1.59. The van der Waals surface area contributed by atoms with Gasteiger partial charge in [0.25, 0.3) is 0 Å². The van der Waals surface area contributed by atoms with E-state index in [1.165, 1.54) is 23.2 Å². The minimum atomic E-state index is -0.515. The first-order chi connectivity index (χ1) is 15.0. The molecule has 3 rings (SSSR count). The Hall–Kier alpha value is -4.14. The molecule has 0 aliphatic rings. The van der Waals surface area contributed by atoms with Gasteiger partial charge in [-0.25, -0.2) is 0 Å². The van der Waals surface area contributed by atoms with Gasteiger partial charge in [-0.05, 0) is 35.9 Å². The molecule has 0 aliphatic heterocycles. The third-order valence-corrected chi connectivity index (χ3v) is 4.34. The van der Waals surface area contributed by atoms with Crippen molar-refractivity contribution >= 4 is 17.7 Å². The maximum atomic E-state index is 12.1. The Bertz CT molecular complexity index is 1060. The molecule has 9 heteroatoms. The number of hydrogen-bond donors (Lipinski definition) is 1. The van der Waals surface area contributed by atoms with Crippen LogP contribution in [0.3, 0.4) is 0 Å². The van der Waals surface area contributed by atoms with Crippen LogP contribution < -0.4 is 14.8 Å². The Morgan fingerprint density at radius 2 is 2.06 bits per heavy atom. The molecule has 0 aliphatic carbocycles. The number of carbonyl (C=O) groups excluding carboxylic acids is 1. The van der Waals surface area contributed by atoms with Crippen LogP contribution in [0.5, 0.6) is 11.5 Å². The van der Waals surface area contributed by atoms with E-state index >= 15 is 0 Å². The van der Waals surface area contributed by atoms with Gasteiger partial charge in [0.1, 0.15) is 30.5 Å². The maximum absolute atomic E-state index is 12.1. The number of para-hydroxylation sites is 1. The van der Waals surface area contributed by atoms with Crippen LogP contribution in [0.4, 0.5) is 5.69 Å². The number of amides is 1. The van der Waals surface area contributed by atoms with Crippen LogP contribution >= 0.6 is 0 Å². The molecule has 3 aromatic rings. The summed E-state index contributed by atoms with van der Waals surface area (Å²) in [6.45, 7) is 0.953. The lowest BCUT2D eigenvalue weighted by atomic mass is 10.1. The standard InChI is InChI=1S/C22H22N4O5/c1-30-21-9-7-17(13-18(21)16-31-20-5-3-2-4-6-20)8-10-22(27)23-11-12-25-15-19(14-24-25)26(28)29/h2-10,13-15H,11-12,16H2,1H3,(H,23,27)/b10-8+. The molecule has 31 heavy (non-hydrogen) atoms. The van der Waals surface area contributed by atoms with Crippen molar-refractivity contribution in [3.8, 4) is 11.5 Å². The predicted molar refractivity (Wildman–Crippen MR) is 115 cm³/mol. The summed E-state index contributed by atoms with van der Waals surface area (Å²) >= 11 is 0. The molecular weight excluding hydrogens is 400 g/mol. The smallest absolute Gasteiger partial charge is 0.306 e. The first kappa shape index (κ1) is 21.6. The largest absolute Gasteiger partial charge is 0.496 e. The molecular formula is C22H22N4O5. The molecule has 1 amide bonds. The van der Waals surface area contributed by atoms with E-state index in [2.05, 4.69) is 10.4 Å². The monoisotopic (exact) mass is 422 g/mol. The van der Waals surface area contributed by atoms with Gasteiger partial charge in [-0.2, -0.15) is 5.10 Å². The van der Waals surface area contributed by atoms with Crippen molar-refractivity contribution < 1.29 is 19.2 Å². The van der Waals surface area contributed by atoms with Crippen LogP contribution in [0.1, 0.15) is 11.1 Å². The lowest BCUT2D eigenvalue weighted by Crippen LogP contribution is -2.25. The van der Waals surface area contributed by atoms with Crippen LogP contribution in [-0.2, 0) is 17.9 Å². The predicted octanol–water partition coefficient (Wildman–Crippen LogP) is 3.21. The topological polar surface area (TPSA) is 109 Å². The van der Waals surface area contributed by atoms with Crippen LogP contribution in [0.2, 0.25) is 0 Å². The molecule has 1 aromatic heterocycles. The van der Waals surface area contributed by atoms with E-state index < -0.39 is 4.92 Å². The molecule has 0 spiro atoms. The lowest BCUT2D eigenvalue weighted by Gasteiger charge is -2.11. The highest BCUT2D eigenvalue weighted by molar-refractivity contribution is 5.91. The fourth-order valence-corrected chi connectivity index (χ4v) is 2.79. The van der Waals surface area contributed by atoms with E-state index in [1.54, 1.807) is 13.2 Å². The first-order valence-electron chi connectivity index (χ1n) is 9.52. The SMILES string of the molecule is COc1ccc(/C=C/C(=O)NCCn2cc([N+](=O)[O-])cn2)cc1COc1ccccc1. The van der Waals surface area contributed by atoms with Gasteiger partial charge in [-0.15, -0.1) is 0 Å². The third-order valence-electron chi connectivity index (χ3n) is 4.34. The van der Waals surface area contributed by atoms with Crippen LogP contribution in [-0.4, -0.2) is 34.3 Å². The molecule has 0 saturated carbocycles. The van der Waals surface area contributed by atoms with E-state index in [0.29, 0.717) is 25.4 Å². The van der Waals surface area contributed by atoms with Gasteiger partial charge < -0.3 is 14.8 Å². The Balaban J connectivity index is 1.53. The average Bonchev–Trinajstić information content (AvgIpc) is 3.26.